The van der Waals surface area contributed by atoms with Crippen LogP contribution in [0, 0.1) is 11.7 Å². The number of hydrogen-bond acceptors (Lipinski definition) is 10. The van der Waals surface area contributed by atoms with Gasteiger partial charge in [0, 0.05) is 78.4 Å². The van der Waals surface area contributed by atoms with Crippen molar-refractivity contribution >= 4 is 35.4 Å². The quantitative estimate of drug-likeness (QED) is 0.428. The van der Waals surface area contributed by atoms with Gasteiger partial charge in [0.1, 0.15) is 17.5 Å². The maximum Gasteiger partial charge on any atom is 0.410 e. The van der Waals surface area contributed by atoms with E-state index in [1.165, 1.54) is 6.07 Å². The van der Waals surface area contributed by atoms with E-state index < -0.39 is 41.1 Å². The predicted molar refractivity (Wildman–Crippen MR) is 175 cm³/mol. The molecule has 4 fully saturated rings. The van der Waals surface area contributed by atoms with E-state index in [1.807, 2.05) is 25.7 Å². The summed E-state index contributed by atoms with van der Waals surface area (Å²) in [7, 11) is 0. The van der Waals surface area contributed by atoms with Crippen LogP contribution in [0.4, 0.5) is 14.9 Å². The van der Waals surface area contributed by atoms with Crippen LogP contribution in [0.25, 0.3) is 0 Å². The Bertz CT molecular complexity index is 1430. The first-order valence-corrected chi connectivity index (χ1v) is 17.3. The highest BCUT2D eigenvalue weighted by molar-refractivity contribution is 6.23. The van der Waals surface area contributed by atoms with E-state index in [-0.39, 0.29) is 30.1 Å². The number of amides is 5. The normalized spacial score (nSPS) is 23.9. The van der Waals surface area contributed by atoms with Crippen molar-refractivity contribution in [1.82, 2.24) is 29.8 Å². The Kier molecular flexibility index (Phi) is 10.0. The second kappa shape index (κ2) is 14.1. The average Bonchev–Trinajstić information content (AvgIpc) is 3.28. The van der Waals surface area contributed by atoms with Gasteiger partial charge >= 0.3 is 6.09 Å². The van der Waals surface area contributed by atoms with Gasteiger partial charge in [-0.15, -0.1) is 0 Å². The van der Waals surface area contributed by atoms with Crippen LogP contribution in [0.2, 0.25) is 0 Å². The molecular weight excluding hydrogens is 621 g/mol. The molecule has 1 aromatic rings. The van der Waals surface area contributed by atoms with Gasteiger partial charge in [-0.3, -0.25) is 39.2 Å². The highest BCUT2D eigenvalue weighted by Gasteiger charge is 2.45. The lowest BCUT2D eigenvalue weighted by Gasteiger charge is -2.40. The fourth-order valence-electron chi connectivity index (χ4n) is 7.41. The molecule has 14 heteroatoms. The molecule has 1 aromatic carbocycles. The fraction of sp³-hybridized carbons (Fsp3) is 0.676. The number of piperidine rings is 2. The van der Waals surface area contributed by atoms with Gasteiger partial charge in [0.2, 0.25) is 11.8 Å². The van der Waals surface area contributed by atoms with E-state index >= 15 is 4.39 Å². The Labute approximate surface area is 281 Å². The second-order valence-electron chi connectivity index (χ2n) is 14.7. The number of hydrogen-bond donors (Lipinski definition) is 1. The van der Waals surface area contributed by atoms with Crippen molar-refractivity contribution in [1.29, 1.82) is 0 Å². The number of likely N-dealkylation sites (tertiary alicyclic amines) is 1. The minimum absolute atomic E-state index is 0.0323. The molecule has 1 unspecified atom stereocenters. The number of halogens is 1. The maximum atomic E-state index is 15.3. The molecule has 0 spiro atoms. The molecule has 1 atom stereocenters. The predicted octanol–water partition coefficient (Wildman–Crippen LogP) is 1.61. The number of nitrogens with zero attached hydrogens (tertiary/aromatic N) is 6. The van der Waals surface area contributed by atoms with Crippen molar-refractivity contribution in [3.63, 3.8) is 0 Å². The lowest BCUT2D eigenvalue weighted by atomic mass is 9.96. The topological polar surface area (TPSA) is 126 Å². The van der Waals surface area contributed by atoms with Crippen molar-refractivity contribution in [3.05, 3.63) is 29.1 Å². The van der Waals surface area contributed by atoms with Crippen molar-refractivity contribution in [2.24, 2.45) is 5.92 Å². The number of ether oxygens (including phenoxy) is 1. The second-order valence-corrected chi connectivity index (χ2v) is 14.7. The van der Waals surface area contributed by atoms with E-state index in [1.54, 1.807) is 4.90 Å². The number of carbonyl (C=O) groups excluding carboxylic acids is 5. The minimum Gasteiger partial charge on any atom is -0.444 e. The molecule has 5 amide bonds. The Morgan fingerprint density at radius 1 is 0.812 bits per heavy atom. The smallest absolute Gasteiger partial charge is 0.410 e. The minimum atomic E-state index is -1.08. The summed E-state index contributed by atoms with van der Waals surface area (Å²) in [6.45, 7) is 16.8. The molecule has 262 valence electrons. The molecule has 13 nitrogen and oxygen atoms in total. The Balaban J connectivity index is 0.922. The molecule has 5 heterocycles. The highest BCUT2D eigenvalue weighted by Crippen LogP contribution is 2.33. The number of rotatable bonds is 7. The van der Waals surface area contributed by atoms with Gasteiger partial charge in [-0.1, -0.05) is 0 Å². The summed E-state index contributed by atoms with van der Waals surface area (Å²) in [5, 5.41) is 2.18. The molecule has 0 aliphatic carbocycles. The van der Waals surface area contributed by atoms with Gasteiger partial charge in [-0.05, 0) is 71.2 Å². The summed E-state index contributed by atoms with van der Waals surface area (Å²) in [6.07, 6.45) is 2.15. The Hall–Kier alpha value is -3.62. The van der Waals surface area contributed by atoms with Gasteiger partial charge < -0.3 is 19.4 Å². The van der Waals surface area contributed by atoms with Gasteiger partial charge in [0.15, 0.2) is 0 Å². The Morgan fingerprint density at radius 3 is 2.00 bits per heavy atom. The first kappa shape index (κ1) is 34.3. The van der Waals surface area contributed by atoms with Crippen LogP contribution in [0.1, 0.15) is 67.2 Å². The molecule has 48 heavy (non-hydrogen) atoms. The highest BCUT2D eigenvalue weighted by atomic mass is 19.1. The first-order chi connectivity index (χ1) is 22.9. The standard InChI is InChI=1S/C34H48FN7O6/c1-34(2,3)48-33(47)41-18-12-38(13-19-41)11-10-37-8-6-23(7-9-37)22-39-14-16-40(17-15-39)28-21-25-24(20-26(28)35)31(45)42(32(25)46)27-4-5-29(43)36-30(27)44/h20-21,23,27H,4-19,22H2,1-3H3,(H,36,43,44). The van der Waals surface area contributed by atoms with Gasteiger partial charge in [-0.25, -0.2) is 9.18 Å². The van der Waals surface area contributed by atoms with Crippen LogP contribution >= 0.6 is 0 Å². The van der Waals surface area contributed by atoms with Crippen molar-refractivity contribution in [2.75, 3.05) is 90.0 Å². The van der Waals surface area contributed by atoms with Crippen LogP contribution in [-0.2, 0) is 14.3 Å². The van der Waals surface area contributed by atoms with Gasteiger partial charge in [0.05, 0.1) is 16.8 Å². The van der Waals surface area contributed by atoms with Crippen LogP contribution in [0.5, 0.6) is 0 Å². The summed E-state index contributed by atoms with van der Waals surface area (Å²) >= 11 is 0. The first-order valence-electron chi connectivity index (χ1n) is 17.3. The molecular formula is C34H48FN7O6. The number of piperazine rings is 2. The number of carbonyl (C=O) groups is 5. The molecule has 1 N–H and O–H groups in total. The lowest BCUT2D eigenvalue weighted by Crippen LogP contribution is -2.54. The summed E-state index contributed by atoms with van der Waals surface area (Å²) in [4.78, 5) is 74.5. The van der Waals surface area contributed by atoms with Crippen molar-refractivity contribution in [2.45, 2.75) is 58.1 Å². The van der Waals surface area contributed by atoms with E-state index in [0.29, 0.717) is 37.8 Å². The fourth-order valence-corrected chi connectivity index (χ4v) is 7.41. The number of nitrogens with one attached hydrogen (secondary N) is 1. The number of imide groups is 2. The Morgan fingerprint density at radius 2 is 1.40 bits per heavy atom. The van der Waals surface area contributed by atoms with Crippen LogP contribution < -0.4 is 10.2 Å². The van der Waals surface area contributed by atoms with Crippen molar-refractivity contribution < 1.29 is 33.1 Å². The third-order valence-corrected chi connectivity index (χ3v) is 10.2. The zero-order chi connectivity index (χ0) is 34.2. The SMILES string of the molecule is CC(C)(C)OC(=O)N1CCN(CCN2CCC(CN3CCN(c4cc5c(cc4F)C(=O)N(C4CCC(=O)NC4=O)C5=O)CC3)CC2)CC1. The van der Waals surface area contributed by atoms with Gasteiger partial charge in [-0.2, -0.15) is 0 Å². The van der Waals surface area contributed by atoms with E-state index in [4.69, 9.17) is 4.74 Å². The molecule has 6 rings (SSSR count). The number of benzene rings is 1. The summed E-state index contributed by atoms with van der Waals surface area (Å²) in [6, 6.07) is 1.48. The van der Waals surface area contributed by atoms with E-state index in [9.17, 15) is 24.0 Å². The van der Waals surface area contributed by atoms with Crippen LogP contribution in [-0.4, -0.2) is 151 Å². The molecule has 0 bridgehead atoms. The summed E-state index contributed by atoms with van der Waals surface area (Å²) < 4.78 is 20.8. The molecule has 5 aliphatic heterocycles. The van der Waals surface area contributed by atoms with E-state index in [2.05, 4.69) is 20.0 Å². The van der Waals surface area contributed by atoms with Gasteiger partial charge in [0.25, 0.3) is 11.8 Å². The summed E-state index contributed by atoms with van der Waals surface area (Å²) in [5.41, 5.74) is -0.135. The molecule has 0 radical (unpaired) electrons. The maximum absolute atomic E-state index is 15.3. The number of anilines is 1. The van der Waals surface area contributed by atoms with Crippen molar-refractivity contribution in [3.8, 4) is 0 Å². The largest absolute Gasteiger partial charge is 0.444 e. The van der Waals surface area contributed by atoms with E-state index in [0.717, 1.165) is 82.7 Å². The molecule has 4 saturated heterocycles. The monoisotopic (exact) mass is 669 g/mol. The summed E-state index contributed by atoms with van der Waals surface area (Å²) in [5.74, 6) is -2.41. The lowest BCUT2D eigenvalue weighted by molar-refractivity contribution is -0.136. The zero-order valence-electron chi connectivity index (χ0n) is 28.3. The molecule has 0 saturated carbocycles. The van der Waals surface area contributed by atoms with Crippen LogP contribution in [0.15, 0.2) is 12.1 Å². The molecule has 0 aromatic heterocycles. The third-order valence-electron chi connectivity index (χ3n) is 10.2. The zero-order valence-corrected chi connectivity index (χ0v) is 28.3. The average molecular weight is 670 g/mol. The van der Waals surface area contributed by atoms with Crippen LogP contribution in [0.3, 0.4) is 0 Å². The third kappa shape index (κ3) is 7.65. The number of fused-ring (bicyclic) bond motifs is 1. The molecule has 5 aliphatic rings.